The maximum atomic E-state index is 4.84. The Balaban J connectivity index is 2.46. The lowest BCUT2D eigenvalue weighted by molar-refractivity contribution is 0.401. The lowest BCUT2D eigenvalue weighted by atomic mass is 10.5. The van der Waals surface area contributed by atoms with E-state index in [0.717, 1.165) is 0 Å². The zero-order valence-corrected chi connectivity index (χ0v) is 6.87. The van der Waals surface area contributed by atoms with Crippen LogP contribution in [0.3, 0.4) is 0 Å². The van der Waals surface area contributed by atoms with E-state index in [4.69, 9.17) is 4.52 Å². The highest BCUT2D eigenvalue weighted by atomic mass is 32.2. The summed E-state index contributed by atoms with van der Waals surface area (Å²) in [5.41, 5.74) is 0. The van der Waals surface area contributed by atoms with Gasteiger partial charge < -0.3 is 4.52 Å². The zero-order valence-electron chi connectivity index (χ0n) is 6.05. The van der Waals surface area contributed by atoms with Gasteiger partial charge in [-0.25, -0.2) is 5.10 Å². The summed E-state index contributed by atoms with van der Waals surface area (Å²) in [5.74, 6) is 0.900. The van der Waals surface area contributed by atoms with Crippen LogP contribution in [-0.4, -0.2) is 37.2 Å². The predicted molar refractivity (Wildman–Crippen MR) is 39.3 cm³/mol. The number of aromatic nitrogens is 6. The van der Waals surface area contributed by atoms with E-state index in [0.29, 0.717) is 16.6 Å². The second kappa shape index (κ2) is 2.89. The van der Waals surface area contributed by atoms with Gasteiger partial charge in [-0.15, -0.1) is 22.0 Å². The van der Waals surface area contributed by atoms with Crippen LogP contribution in [0, 0.1) is 0 Å². The van der Waals surface area contributed by atoms with Crippen molar-refractivity contribution in [1.29, 1.82) is 0 Å². The Morgan fingerprint density at radius 2 is 2.33 bits per heavy atom. The Morgan fingerprint density at radius 3 is 3.00 bits per heavy atom. The van der Waals surface area contributed by atoms with Crippen molar-refractivity contribution in [1.82, 2.24) is 31.0 Å². The highest BCUT2D eigenvalue weighted by molar-refractivity contribution is 7.98. The number of nitrogens with zero attached hydrogens (tertiary/aromatic N) is 5. The number of nitrogens with one attached hydrogen (secondary N) is 1. The maximum absolute atomic E-state index is 4.84. The molecule has 0 fully saturated rings. The summed E-state index contributed by atoms with van der Waals surface area (Å²) in [5, 5.41) is 20.8. The van der Waals surface area contributed by atoms with Gasteiger partial charge in [0.05, 0.1) is 0 Å². The fourth-order valence-electron chi connectivity index (χ4n) is 0.716. The summed E-state index contributed by atoms with van der Waals surface area (Å²) in [6, 6.07) is 0. The molecule has 0 saturated heterocycles. The Labute approximate surface area is 70.9 Å². The van der Waals surface area contributed by atoms with Gasteiger partial charge in [0.2, 0.25) is 11.6 Å². The van der Waals surface area contributed by atoms with Crippen molar-refractivity contribution in [3.8, 4) is 11.6 Å². The molecule has 12 heavy (non-hydrogen) atoms. The van der Waals surface area contributed by atoms with Gasteiger partial charge in [-0.1, -0.05) is 0 Å². The minimum absolute atomic E-state index is 0.435. The molecule has 2 rings (SSSR count). The molecule has 0 aromatic carbocycles. The number of tetrazole rings is 1. The van der Waals surface area contributed by atoms with Gasteiger partial charge in [0.25, 0.3) is 0 Å². The van der Waals surface area contributed by atoms with E-state index in [2.05, 4.69) is 31.0 Å². The van der Waals surface area contributed by atoms with Crippen molar-refractivity contribution >= 4 is 11.8 Å². The highest BCUT2D eigenvalue weighted by Gasteiger charge is 2.14. The number of aromatic amines is 1. The van der Waals surface area contributed by atoms with Crippen LogP contribution in [0.4, 0.5) is 0 Å². The standard InChI is InChI=1S/C4H4N6OS/c1-12-4-2(11-10-7-4)3-5-8-9-6-3/h1H3,(H,5,6,8,9). The van der Waals surface area contributed by atoms with Crippen LogP contribution in [0.1, 0.15) is 0 Å². The summed E-state index contributed by atoms with van der Waals surface area (Å²) in [6.45, 7) is 0. The molecule has 2 aromatic heterocycles. The summed E-state index contributed by atoms with van der Waals surface area (Å²) in [7, 11) is 0. The lowest BCUT2D eigenvalue weighted by Gasteiger charge is -1.86. The third-order valence-corrected chi connectivity index (χ3v) is 1.87. The molecular formula is C4H4N6OS. The minimum Gasteiger partial charge on any atom is -0.332 e. The highest BCUT2D eigenvalue weighted by Crippen LogP contribution is 2.23. The SMILES string of the molecule is CSc1nnoc1-c1nnn[nH]1. The first kappa shape index (κ1) is 7.22. The van der Waals surface area contributed by atoms with Crippen LogP contribution in [0.15, 0.2) is 9.55 Å². The van der Waals surface area contributed by atoms with E-state index >= 15 is 0 Å². The van der Waals surface area contributed by atoms with E-state index in [-0.39, 0.29) is 0 Å². The molecule has 2 aromatic rings. The Hall–Kier alpha value is -1.44. The zero-order chi connectivity index (χ0) is 8.39. The van der Waals surface area contributed by atoms with Gasteiger partial charge in [-0.05, 0) is 16.7 Å². The first-order valence-corrected chi connectivity index (χ1v) is 4.24. The third kappa shape index (κ3) is 1.05. The molecule has 0 radical (unpaired) electrons. The normalized spacial score (nSPS) is 10.4. The molecule has 0 spiro atoms. The molecule has 8 heteroatoms. The van der Waals surface area contributed by atoms with Crippen LogP contribution in [0.25, 0.3) is 11.6 Å². The Morgan fingerprint density at radius 1 is 1.42 bits per heavy atom. The van der Waals surface area contributed by atoms with Crippen LogP contribution in [0.2, 0.25) is 0 Å². The van der Waals surface area contributed by atoms with Gasteiger partial charge in [0.15, 0.2) is 5.03 Å². The summed E-state index contributed by atoms with van der Waals surface area (Å²) >= 11 is 1.42. The van der Waals surface area contributed by atoms with E-state index < -0.39 is 0 Å². The number of hydrogen-bond donors (Lipinski definition) is 1. The van der Waals surface area contributed by atoms with Crippen molar-refractivity contribution < 1.29 is 4.52 Å². The molecule has 2 heterocycles. The predicted octanol–water partition coefficient (Wildman–Crippen LogP) is -0.0284. The maximum Gasteiger partial charge on any atom is 0.239 e. The first-order valence-electron chi connectivity index (χ1n) is 3.02. The molecule has 0 saturated carbocycles. The smallest absolute Gasteiger partial charge is 0.239 e. The average Bonchev–Trinajstić information content (AvgIpc) is 2.74. The van der Waals surface area contributed by atoms with Crippen molar-refractivity contribution in [2.45, 2.75) is 5.03 Å². The largest absolute Gasteiger partial charge is 0.332 e. The molecule has 0 bridgehead atoms. The first-order chi connectivity index (χ1) is 5.92. The van der Waals surface area contributed by atoms with Gasteiger partial charge in [-0.2, -0.15) is 0 Å². The average molecular weight is 184 g/mol. The number of rotatable bonds is 2. The molecule has 0 aliphatic rings. The number of hydrogen-bond acceptors (Lipinski definition) is 7. The Kier molecular flexibility index (Phi) is 1.74. The molecule has 0 aliphatic carbocycles. The monoisotopic (exact) mass is 184 g/mol. The van der Waals surface area contributed by atoms with Gasteiger partial charge in [0, 0.05) is 5.27 Å². The van der Waals surface area contributed by atoms with Crippen molar-refractivity contribution in [2.24, 2.45) is 0 Å². The van der Waals surface area contributed by atoms with Crippen LogP contribution < -0.4 is 0 Å². The van der Waals surface area contributed by atoms with E-state index in [1.165, 1.54) is 11.8 Å². The summed E-state index contributed by atoms with van der Waals surface area (Å²) in [4.78, 5) is 0. The van der Waals surface area contributed by atoms with Gasteiger partial charge in [-0.3, -0.25) is 0 Å². The van der Waals surface area contributed by atoms with E-state index in [1.807, 2.05) is 6.26 Å². The van der Waals surface area contributed by atoms with Crippen molar-refractivity contribution in [2.75, 3.05) is 6.26 Å². The molecule has 0 aliphatic heterocycles. The topological polar surface area (TPSA) is 93.4 Å². The molecule has 0 amide bonds. The second-order valence-corrected chi connectivity index (χ2v) is 2.66. The second-order valence-electron chi connectivity index (χ2n) is 1.86. The third-order valence-electron chi connectivity index (χ3n) is 1.21. The van der Waals surface area contributed by atoms with Crippen LogP contribution >= 0.6 is 11.8 Å². The fourth-order valence-corrected chi connectivity index (χ4v) is 1.15. The molecule has 0 unspecified atom stereocenters. The number of thioether (sulfide) groups is 1. The molecule has 62 valence electrons. The summed E-state index contributed by atoms with van der Waals surface area (Å²) in [6.07, 6.45) is 1.87. The van der Waals surface area contributed by atoms with E-state index in [9.17, 15) is 0 Å². The lowest BCUT2D eigenvalue weighted by Crippen LogP contribution is -1.80. The van der Waals surface area contributed by atoms with Crippen molar-refractivity contribution in [3.05, 3.63) is 0 Å². The quantitative estimate of drug-likeness (QED) is 0.655. The van der Waals surface area contributed by atoms with Crippen LogP contribution in [-0.2, 0) is 0 Å². The van der Waals surface area contributed by atoms with Gasteiger partial charge >= 0.3 is 0 Å². The summed E-state index contributed by atoms with van der Waals surface area (Å²) < 4.78 is 4.84. The Bertz CT molecular complexity index is 355. The molecular weight excluding hydrogens is 180 g/mol. The minimum atomic E-state index is 0.435. The van der Waals surface area contributed by atoms with E-state index in [1.54, 1.807) is 0 Å². The van der Waals surface area contributed by atoms with Crippen molar-refractivity contribution in [3.63, 3.8) is 0 Å². The molecule has 0 atom stereocenters. The fraction of sp³-hybridized carbons (Fsp3) is 0.250. The van der Waals surface area contributed by atoms with Gasteiger partial charge in [0.1, 0.15) is 0 Å². The van der Waals surface area contributed by atoms with Crippen LogP contribution in [0.5, 0.6) is 0 Å². The molecule has 7 nitrogen and oxygen atoms in total. The molecule has 1 N–H and O–H groups in total. The number of H-pyrrole nitrogens is 1.